The molecule has 0 saturated carbocycles. The van der Waals surface area contributed by atoms with Gasteiger partial charge in [0.25, 0.3) is 0 Å². The van der Waals surface area contributed by atoms with E-state index in [-0.39, 0.29) is 11.7 Å². The van der Waals surface area contributed by atoms with Gasteiger partial charge in [-0.1, -0.05) is 54.2 Å². The summed E-state index contributed by atoms with van der Waals surface area (Å²) in [7, 11) is 0. The summed E-state index contributed by atoms with van der Waals surface area (Å²) in [5.74, 6) is 1.52. The molecule has 0 aliphatic rings. The number of aromatic nitrogens is 5. The molecule has 0 fully saturated rings. The maximum atomic E-state index is 12.5. The second-order valence-electron chi connectivity index (χ2n) is 7.77. The van der Waals surface area contributed by atoms with Crippen LogP contribution in [0.25, 0.3) is 22.6 Å². The van der Waals surface area contributed by atoms with Crippen LogP contribution in [-0.4, -0.2) is 42.5 Å². The maximum absolute atomic E-state index is 12.5. The number of fused-ring (bicyclic) bond motifs is 1. The van der Waals surface area contributed by atoms with Crippen LogP contribution in [0.2, 0.25) is 0 Å². The molecule has 0 saturated heterocycles. The molecule has 34 heavy (non-hydrogen) atoms. The summed E-state index contributed by atoms with van der Waals surface area (Å²) in [6, 6.07) is 21.8. The third-order valence-corrected chi connectivity index (χ3v) is 6.37. The Morgan fingerprint density at radius 2 is 1.85 bits per heavy atom. The lowest BCUT2D eigenvalue weighted by Gasteiger charge is -2.10. The first-order valence-electron chi connectivity index (χ1n) is 11.1. The molecule has 0 spiro atoms. The van der Waals surface area contributed by atoms with Gasteiger partial charge in [-0.2, -0.15) is 0 Å². The predicted molar refractivity (Wildman–Crippen MR) is 131 cm³/mol. The van der Waals surface area contributed by atoms with Crippen molar-refractivity contribution in [1.29, 1.82) is 0 Å². The van der Waals surface area contributed by atoms with Crippen LogP contribution >= 0.6 is 11.8 Å². The molecule has 0 bridgehead atoms. The number of hydrogen-bond donors (Lipinski definition) is 1. The number of carbonyl (C=O) groups excluding carboxylic acids is 1. The van der Waals surface area contributed by atoms with Gasteiger partial charge in [0.15, 0.2) is 10.9 Å². The van der Waals surface area contributed by atoms with Gasteiger partial charge in [0.2, 0.25) is 11.7 Å². The number of hydrogen-bond acceptors (Lipinski definition) is 6. The fourth-order valence-electron chi connectivity index (χ4n) is 3.74. The highest BCUT2D eigenvalue weighted by Crippen LogP contribution is 2.25. The Balaban J connectivity index is 1.17. The largest absolute Gasteiger partial charge is 0.461 e. The van der Waals surface area contributed by atoms with E-state index in [0.717, 1.165) is 29.6 Å². The summed E-state index contributed by atoms with van der Waals surface area (Å²) in [5.41, 5.74) is 3.21. The van der Waals surface area contributed by atoms with Crippen molar-refractivity contribution in [2.24, 2.45) is 0 Å². The van der Waals surface area contributed by atoms with Gasteiger partial charge in [-0.25, -0.2) is 4.98 Å². The van der Waals surface area contributed by atoms with E-state index in [9.17, 15) is 4.79 Å². The number of thioether (sulfide) groups is 1. The van der Waals surface area contributed by atoms with Crippen LogP contribution in [0.15, 0.2) is 88.9 Å². The summed E-state index contributed by atoms with van der Waals surface area (Å²) in [5, 5.41) is 12.3. The molecule has 3 aromatic heterocycles. The molecule has 1 N–H and O–H groups in total. The van der Waals surface area contributed by atoms with E-state index in [1.807, 2.05) is 59.4 Å². The van der Waals surface area contributed by atoms with Crippen LogP contribution in [0.4, 0.5) is 0 Å². The van der Waals surface area contributed by atoms with Gasteiger partial charge >= 0.3 is 0 Å². The van der Waals surface area contributed by atoms with Crippen molar-refractivity contribution >= 4 is 28.7 Å². The zero-order chi connectivity index (χ0) is 23.2. The van der Waals surface area contributed by atoms with Crippen molar-refractivity contribution in [3.05, 3.63) is 84.9 Å². The molecule has 9 heteroatoms. The minimum atomic E-state index is -0.0331. The summed E-state index contributed by atoms with van der Waals surface area (Å²) >= 11 is 1.37. The Morgan fingerprint density at radius 3 is 2.71 bits per heavy atom. The van der Waals surface area contributed by atoms with Crippen LogP contribution in [0.5, 0.6) is 0 Å². The van der Waals surface area contributed by atoms with E-state index in [1.165, 1.54) is 11.8 Å². The highest BCUT2D eigenvalue weighted by Gasteiger charge is 2.17. The number of carbonyl (C=O) groups is 1. The lowest BCUT2D eigenvalue weighted by Crippen LogP contribution is -2.27. The van der Waals surface area contributed by atoms with E-state index in [2.05, 4.69) is 43.3 Å². The first kappa shape index (κ1) is 22.0. The van der Waals surface area contributed by atoms with Crippen molar-refractivity contribution in [1.82, 2.24) is 29.6 Å². The molecule has 5 rings (SSSR count). The van der Waals surface area contributed by atoms with E-state index >= 15 is 0 Å². The first-order valence-corrected chi connectivity index (χ1v) is 12.1. The van der Waals surface area contributed by atoms with Crippen LogP contribution < -0.4 is 5.32 Å². The van der Waals surface area contributed by atoms with Crippen molar-refractivity contribution < 1.29 is 9.21 Å². The summed E-state index contributed by atoms with van der Waals surface area (Å²) in [4.78, 5) is 16.9. The number of imidazole rings is 1. The molecule has 5 aromatic rings. The van der Waals surface area contributed by atoms with Crippen LogP contribution in [0.1, 0.15) is 12.0 Å². The number of aryl methyl sites for hydroxylation is 1. The lowest BCUT2D eigenvalue weighted by atomic mass is 10.2. The predicted octanol–water partition coefficient (Wildman–Crippen LogP) is 4.23. The van der Waals surface area contributed by atoms with Crippen LogP contribution in [0, 0.1) is 0 Å². The molecule has 3 heterocycles. The van der Waals surface area contributed by atoms with Crippen molar-refractivity contribution in [3.63, 3.8) is 0 Å². The topological polar surface area (TPSA) is 90.8 Å². The minimum absolute atomic E-state index is 0.0331. The van der Waals surface area contributed by atoms with Gasteiger partial charge in [-0.3, -0.25) is 9.36 Å². The van der Waals surface area contributed by atoms with E-state index < -0.39 is 0 Å². The number of para-hydroxylation sites is 2. The molecular weight excluding hydrogens is 448 g/mol. The van der Waals surface area contributed by atoms with E-state index in [4.69, 9.17) is 4.42 Å². The normalized spacial score (nSPS) is 11.2. The molecule has 0 aliphatic carbocycles. The lowest BCUT2D eigenvalue weighted by molar-refractivity contribution is -0.118. The number of furan rings is 1. The molecule has 0 atom stereocenters. The van der Waals surface area contributed by atoms with E-state index in [1.54, 1.807) is 6.26 Å². The Kier molecular flexibility index (Phi) is 6.71. The van der Waals surface area contributed by atoms with Crippen LogP contribution in [0.3, 0.4) is 0 Å². The Bertz CT molecular complexity index is 1360. The molecule has 8 nitrogen and oxygen atoms in total. The smallest absolute Gasteiger partial charge is 0.230 e. The van der Waals surface area contributed by atoms with Gasteiger partial charge in [-0.05, 0) is 36.2 Å². The fraction of sp³-hybridized carbons (Fsp3) is 0.200. The number of nitrogens with zero attached hydrogens (tertiary/aromatic N) is 5. The second-order valence-corrected chi connectivity index (χ2v) is 8.72. The Morgan fingerprint density at radius 1 is 1.00 bits per heavy atom. The van der Waals surface area contributed by atoms with Crippen molar-refractivity contribution in [2.45, 2.75) is 24.7 Å². The average molecular weight is 473 g/mol. The molecule has 0 radical (unpaired) electrons. The first-order chi connectivity index (χ1) is 16.8. The number of amides is 1. The summed E-state index contributed by atoms with van der Waals surface area (Å²) in [6.45, 7) is 1.98. The SMILES string of the molecule is O=C(CSc1nnc(-c2ccco2)n1Cc1ccccc1)NCCCn1cnc2ccccc21. The maximum Gasteiger partial charge on any atom is 0.230 e. The standard InChI is InChI=1S/C25H24N6O2S/c32-23(26-13-7-14-30-18-27-20-10-4-5-11-21(20)30)17-34-25-29-28-24(22-12-6-15-33-22)31(25)16-19-8-2-1-3-9-19/h1-6,8-12,15,18H,7,13-14,16-17H2,(H,26,32). The van der Waals surface area contributed by atoms with E-state index in [0.29, 0.717) is 29.8 Å². The molecule has 2 aromatic carbocycles. The Labute approximate surface area is 201 Å². The molecule has 1 amide bonds. The average Bonchev–Trinajstić information content (AvgIpc) is 3.62. The number of rotatable bonds is 10. The third-order valence-electron chi connectivity index (χ3n) is 5.40. The minimum Gasteiger partial charge on any atom is -0.461 e. The Hall–Kier alpha value is -3.85. The number of nitrogens with one attached hydrogen (secondary N) is 1. The van der Waals surface area contributed by atoms with Crippen molar-refractivity contribution in [3.8, 4) is 11.6 Å². The monoisotopic (exact) mass is 472 g/mol. The third kappa shape index (κ3) is 5.04. The molecule has 0 unspecified atom stereocenters. The van der Waals surface area contributed by atoms with Gasteiger partial charge in [0.1, 0.15) is 0 Å². The zero-order valence-corrected chi connectivity index (χ0v) is 19.3. The zero-order valence-electron chi connectivity index (χ0n) is 18.5. The summed E-state index contributed by atoms with van der Waals surface area (Å²) in [6.07, 6.45) is 4.28. The number of benzene rings is 2. The molecule has 172 valence electrons. The quantitative estimate of drug-likeness (QED) is 0.242. The van der Waals surface area contributed by atoms with Crippen molar-refractivity contribution in [2.75, 3.05) is 12.3 Å². The highest BCUT2D eigenvalue weighted by molar-refractivity contribution is 7.99. The van der Waals surface area contributed by atoms with Crippen LogP contribution in [-0.2, 0) is 17.9 Å². The summed E-state index contributed by atoms with van der Waals surface area (Å²) < 4.78 is 9.63. The van der Waals surface area contributed by atoms with Gasteiger partial charge in [-0.15, -0.1) is 10.2 Å². The second kappa shape index (κ2) is 10.4. The van der Waals surface area contributed by atoms with Gasteiger partial charge < -0.3 is 14.3 Å². The highest BCUT2D eigenvalue weighted by atomic mass is 32.2. The van der Waals surface area contributed by atoms with Gasteiger partial charge in [0.05, 0.1) is 35.9 Å². The molecule has 0 aliphatic heterocycles. The fourth-order valence-corrected chi connectivity index (χ4v) is 4.51. The molecular formula is C25H24N6O2S. The van der Waals surface area contributed by atoms with Gasteiger partial charge in [0, 0.05) is 13.1 Å².